The van der Waals surface area contributed by atoms with Gasteiger partial charge < -0.3 is 9.15 Å². The van der Waals surface area contributed by atoms with Crippen molar-refractivity contribution in [3.8, 4) is 5.75 Å². The van der Waals surface area contributed by atoms with Gasteiger partial charge in [-0.15, -0.1) is 0 Å². The van der Waals surface area contributed by atoms with E-state index >= 15 is 0 Å². The van der Waals surface area contributed by atoms with Crippen molar-refractivity contribution in [2.45, 2.75) is 45.1 Å². The van der Waals surface area contributed by atoms with Crippen LogP contribution < -0.4 is 10.4 Å². The molecule has 1 fully saturated rings. The van der Waals surface area contributed by atoms with E-state index in [1.165, 1.54) is 12.8 Å². The number of hydrogen-bond acceptors (Lipinski definition) is 3. The van der Waals surface area contributed by atoms with Gasteiger partial charge in [-0.1, -0.05) is 13.3 Å². The third kappa shape index (κ3) is 1.88. The summed E-state index contributed by atoms with van der Waals surface area (Å²) in [6.45, 7) is 4.04. The summed E-state index contributed by atoms with van der Waals surface area (Å²) < 4.78 is 11.2. The van der Waals surface area contributed by atoms with Crippen molar-refractivity contribution in [2.75, 3.05) is 0 Å². The second-order valence-corrected chi connectivity index (χ2v) is 5.62. The smallest absolute Gasteiger partial charge is 0.346 e. The minimum absolute atomic E-state index is 0.203. The van der Waals surface area contributed by atoms with Gasteiger partial charge in [-0.3, -0.25) is 0 Å². The highest BCUT2D eigenvalue weighted by atomic mass is 16.5. The molecule has 96 valence electrons. The summed E-state index contributed by atoms with van der Waals surface area (Å²) in [7, 11) is 0. The molecule has 3 heteroatoms. The molecule has 0 aromatic carbocycles. The maximum atomic E-state index is 11.7. The van der Waals surface area contributed by atoms with Gasteiger partial charge in [-0.25, -0.2) is 4.79 Å². The topological polar surface area (TPSA) is 39.4 Å². The fraction of sp³-hybridized carbons (Fsp3) is 0.533. The van der Waals surface area contributed by atoms with Gasteiger partial charge in [0, 0.05) is 6.07 Å². The largest absolute Gasteiger partial charge is 0.482 e. The lowest BCUT2D eigenvalue weighted by Crippen LogP contribution is -2.40. The minimum atomic E-state index is -0.306. The molecule has 1 saturated carbocycles. The number of aryl methyl sites for hydroxylation is 1. The monoisotopic (exact) mass is 246 g/mol. The van der Waals surface area contributed by atoms with Crippen LogP contribution in [0.3, 0.4) is 0 Å². The Labute approximate surface area is 106 Å². The molecule has 2 atom stereocenters. The van der Waals surface area contributed by atoms with Gasteiger partial charge in [0.25, 0.3) is 0 Å². The van der Waals surface area contributed by atoms with Crippen LogP contribution in [-0.2, 0) is 0 Å². The quantitative estimate of drug-likeness (QED) is 0.705. The molecule has 0 bridgehead atoms. The summed E-state index contributed by atoms with van der Waals surface area (Å²) in [5, 5.41) is 0. The van der Waals surface area contributed by atoms with Crippen molar-refractivity contribution in [3.05, 3.63) is 33.9 Å². The molecule has 0 saturated heterocycles. The fourth-order valence-corrected chi connectivity index (χ4v) is 3.10. The van der Waals surface area contributed by atoms with Gasteiger partial charge in [0.15, 0.2) is 0 Å². The van der Waals surface area contributed by atoms with Crippen LogP contribution in [0.5, 0.6) is 5.75 Å². The van der Waals surface area contributed by atoms with Crippen molar-refractivity contribution in [1.29, 1.82) is 0 Å². The molecule has 1 aromatic rings. The molecule has 2 heterocycles. The van der Waals surface area contributed by atoms with Gasteiger partial charge in [0.2, 0.25) is 0 Å². The zero-order valence-electron chi connectivity index (χ0n) is 10.9. The second-order valence-electron chi connectivity index (χ2n) is 5.62. The first-order valence-electron chi connectivity index (χ1n) is 6.61. The van der Waals surface area contributed by atoms with Crippen LogP contribution in [0.2, 0.25) is 0 Å². The molecule has 0 amide bonds. The van der Waals surface area contributed by atoms with E-state index in [-0.39, 0.29) is 11.2 Å². The highest BCUT2D eigenvalue weighted by molar-refractivity contribution is 5.59. The van der Waals surface area contributed by atoms with E-state index in [0.29, 0.717) is 23.0 Å². The predicted octanol–water partition coefficient (Wildman–Crippen LogP) is 3.30. The van der Waals surface area contributed by atoms with Crippen LogP contribution in [0.1, 0.15) is 43.9 Å². The Hall–Kier alpha value is -1.51. The van der Waals surface area contributed by atoms with Crippen molar-refractivity contribution >= 4 is 6.08 Å². The molecule has 0 N–H and O–H groups in total. The zero-order valence-corrected chi connectivity index (χ0v) is 10.9. The van der Waals surface area contributed by atoms with Gasteiger partial charge >= 0.3 is 5.63 Å². The first-order valence-corrected chi connectivity index (χ1v) is 6.61. The van der Waals surface area contributed by atoms with E-state index in [1.807, 2.05) is 12.1 Å². The molecule has 3 rings (SSSR count). The number of ether oxygens (including phenoxy) is 1. The van der Waals surface area contributed by atoms with Gasteiger partial charge in [-0.2, -0.15) is 0 Å². The summed E-state index contributed by atoms with van der Waals surface area (Å²) >= 11 is 0. The van der Waals surface area contributed by atoms with Gasteiger partial charge in [0.1, 0.15) is 22.7 Å². The van der Waals surface area contributed by atoms with Crippen LogP contribution in [0.25, 0.3) is 6.08 Å². The summed E-state index contributed by atoms with van der Waals surface area (Å²) in [4.78, 5) is 11.7. The molecule has 2 aliphatic rings. The van der Waals surface area contributed by atoms with Crippen molar-refractivity contribution in [3.63, 3.8) is 0 Å². The average Bonchev–Trinajstić information content (AvgIpc) is 2.27. The van der Waals surface area contributed by atoms with E-state index in [0.717, 1.165) is 12.8 Å². The second kappa shape index (κ2) is 4.01. The zero-order chi connectivity index (χ0) is 12.8. The lowest BCUT2D eigenvalue weighted by molar-refractivity contribution is 0.0534. The Kier molecular flexibility index (Phi) is 2.58. The van der Waals surface area contributed by atoms with Crippen LogP contribution in [0, 0.1) is 12.8 Å². The third-order valence-electron chi connectivity index (χ3n) is 3.93. The Morgan fingerprint density at radius 2 is 2.28 bits per heavy atom. The number of fused-ring (bicyclic) bond motifs is 1. The van der Waals surface area contributed by atoms with Crippen LogP contribution in [-0.4, -0.2) is 5.60 Å². The van der Waals surface area contributed by atoms with Crippen molar-refractivity contribution < 1.29 is 9.15 Å². The molecular formula is C15H18O3. The lowest BCUT2D eigenvalue weighted by atomic mass is 9.77. The molecule has 1 aliphatic carbocycles. The van der Waals surface area contributed by atoms with Crippen molar-refractivity contribution in [1.82, 2.24) is 0 Å². The SMILES string of the molecule is Cc1cc2c(c(=O)o1)C=C[C@]1(CCC[C@@H](C)C1)O2. The third-order valence-corrected chi connectivity index (χ3v) is 3.93. The Bertz CT molecular complexity index is 555. The van der Waals surface area contributed by atoms with Gasteiger partial charge in [-0.05, 0) is 44.3 Å². The van der Waals surface area contributed by atoms with E-state index in [1.54, 1.807) is 6.92 Å². The molecule has 1 spiro atoms. The molecule has 0 radical (unpaired) electrons. The highest BCUT2D eigenvalue weighted by Crippen LogP contribution is 2.40. The van der Waals surface area contributed by atoms with E-state index < -0.39 is 0 Å². The number of rotatable bonds is 0. The molecule has 18 heavy (non-hydrogen) atoms. The Balaban J connectivity index is 2.01. The molecule has 3 nitrogen and oxygen atoms in total. The highest BCUT2D eigenvalue weighted by Gasteiger charge is 2.37. The van der Waals surface area contributed by atoms with E-state index in [9.17, 15) is 4.79 Å². The normalized spacial score (nSPS) is 30.0. The van der Waals surface area contributed by atoms with Crippen LogP contribution in [0.15, 0.2) is 21.4 Å². The summed E-state index contributed by atoms with van der Waals surface area (Å²) in [6, 6.07) is 1.82. The Morgan fingerprint density at radius 1 is 1.44 bits per heavy atom. The molecule has 1 aromatic heterocycles. The Morgan fingerprint density at radius 3 is 3.06 bits per heavy atom. The summed E-state index contributed by atoms with van der Waals surface area (Å²) in [5.41, 5.74) is 0.0367. The lowest BCUT2D eigenvalue weighted by Gasteiger charge is -2.40. The molecule has 0 unspecified atom stereocenters. The van der Waals surface area contributed by atoms with E-state index in [2.05, 4.69) is 13.0 Å². The first kappa shape index (κ1) is 11.6. The van der Waals surface area contributed by atoms with Crippen LogP contribution in [0.4, 0.5) is 0 Å². The maximum Gasteiger partial charge on any atom is 0.346 e. The number of hydrogen-bond donors (Lipinski definition) is 0. The standard InChI is InChI=1S/C15H18O3/c1-10-4-3-6-15(9-10)7-5-12-13(18-15)8-11(2)17-14(12)16/h5,7-8,10H,3-4,6,9H2,1-2H3/t10-,15+/m1/s1. The summed E-state index contributed by atoms with van der Waals surface area (Å²) in [5.74, 6) is 1.96. The summed E-state index contributed by atoms with van der Waals surface area (Å²) in [6.07, 6.45) is 8.44. The van der Waals surface area contributed by atoms with Crippen molar-refractivity contribution in [2.24, 2.45) is 5.92 Å². The average molecular weight is 246 g/mol. The van der Waals surface area contributed by atoms with E-state index in [4.69, 9.17) is 9.15 Å². The van der Waals surface area contributed by atoms with Gasteiger partial charge in [0.05, 0.1) is 0 Å². The predicted molar refractivity (Wildman–Crippen MR) is 69.7 cm³/mol. The molecular weight excluding hydrogens is 228 g/mol. The van der Waals surface area contributed by atoms with Crippen LogP contribution >= 0.6 is 0 Å². The fourth-order valence-electron chi connectivity index (χ4n) is 3.10. The minimum Gasteiger partial charge on any atom is -0.482 e. The molecule has 1 aliphatic heterocycles. The maximum absolute atomic E-state index is 11.7. The first-order chi connectivity index (χ1) is 8.58.